The van der Waals surface area contributed by atoms with Crippen LogP contribution in [-0.2, 0) is 6.61 Å². The van der Waals surface area contributed by atoms with Gasteiger partial charge in [0.25, 0.3) is 0 Å². The smallest absolute Gasteiger partial charge is 0.241 e. The fourth-order valence-corrected chi connectivity index (χ4v) is 2.13. The third-order valence-corrected chi connectivity index (χ3v) is 3.20. The largest absolute Gasteiger partial charge is 0.471 e. The number of fused-ring (bicyclic) bond motifs is 1. The zero-order valence-corrected chi connectivity index (χ0v) is 11.0. The van der Waals surface area contributed by atoms with Crippen LogP contribution in [0.25, 0.3) is 11.0 Å². The van der Waals surface area contributed by atoms with Gasteiger partial charge < -0.3 is 9.72 Å². The van der Waals surface area contributed by atoms with Crippen molar-refractivity contribution in [3.63, 3.8) is 0 Å². The minimum absolute atomic E-state index is 0.490. The lowest BCUT2D eigenvalue weighted by molar-refractivity contribution is 0.297. The second-order valence-corrected chi connectivity index (χ2v) is 4.67. The summed E-state index contributed by atoms with van der Waals surface area (Å²) >= 11 is 3.42. The summed E-state index contributed by atoms with van der Waals surface area (Å²) < 4.78 is 6.62. The van der Waals surface area contributed by atoms with Gasteiger partial charge in [0.1, 0.15) is 24.0 Å². The maximum absolute atomic E-state index is 5.72. The van der Waals surface area contributed by atoms with Crippen LogP contribution in [0.2, 0.25) is 0 Å². The Morgan fingerprint density at radius 2 is 2.00 bits per heavy atom. The lowest BCUT2D eigenvalue weighted by Crippen LogP contribution is -1.98. The SMILES string of the molecule is Brc1c[nH]c2c(OCc3ccccc3)ncnc12. The Morgan fingerprint density at radius 1 is 1.17 bits per heavy atom. The van der Waals surface area contributed by atoms with E-state index in [1.54, 1.807) is 0 Å². The molecule has 3 aromatic rings. The molecule has 2 aromatic heterocycles. The van der Waals surface area contributed by atoms with Gasteiger partial charge in [-0.25, -0.2) is 4.98 Å². The highest BCUT2D eigenvalue weighted by molar-refractivity contribution is 9.10. The highest BCUT2D eigenvalue weighted by Gasteiger charge is 2.09. The number of rotatable bonds is 3. The first-order valence-corrected chi connectivity index (χ1v) is 6.28. The average molecular weight is 304 g/mol. The summed E-state index contributed by atoms with van der Waals surface area (Å²) in [5, 5.41) is 0. The standard InChI is InChI=1S/C13H10BrN3O/c14-10-6-15-12-11(10)16-8-17-13(12)18-7-9-4-2-1-3-5-9/h1-6,8,15H,7H2. The van der Waals surface area contributed by atoms with Gasteiger partial charge in [0.15, 0.2) is 0 Å². The monoisotopic (exact) mass is 303 g/mol. The number of hydrogen-bond donors (Lipinski definition) is 1. The van der Waals surface area contributed by atoms with Crippen LogP contribution in [0.5, 0.6) is 5.88 Å². The van der Waals surface area contributed by atoms with Gasteiger partial charge >= 0.3 is 0 Å². The number of nitrogens with zero attached hydrogens (tertiary/aromatic N) is 2. The Hall–Kier alpha value is -1.88. The van der Waals surface area contributed by atoms with Gasteiger partial charge in [-0.1, -0.05) is 30.3 Å². The summed E-state index contributed by atoms with van der Waals surface area (Å²) in [5.74, 6) is 0.564. The van der Waals surface area contributed by atoms with E-state index in [9.17, 15) is 0 Å². The molecule has 0 radical (unpaired) electrons. The summed E-state index contributed by atoms with van der Waals surface area (Å²) in [4.78, 5) is 11.4. The first kappa shape index (κ1) is 11.2. The van der Waals surface area contributed by atoms with Crippen molar-refractivity contribution in [3.8, 4) is 5.88 Å². The van der Waals surface area contributed by atoms with Crippen molar-refractivity contribution in [2.45, 2.75) is 6.61 Å². The number of hydrogen-bond acceptors (Lipinski definition) is 3. The lowest BCUT2D eigenvalue weighted by Gasteiger charge is -2.05. The first-order valence-electron chi connectivity index (χ1n) is 5.49. The Balaban J connectivity index is 1.87. The molecule has 0 saturated carbocycles. The fourth-order valence-electron chi connectivity index (χ4n) is 1.72. The Morgan fingerprint density at radius 3 is 2.83 bits per heavy atom. The number of nitrogens with one attached hydrogen (secondary N) is 1. The normalized spacial score (nSPS) is 10.7. The highest BCUT2D eigenvalue weighted by Crippen LogP contribution is 2.26. The van der Waals surface area contributed by atoms with Gasteiger partial charge in [-0.3, -0.25) is 0 Å². The minimum atomic E-state index is 0.490. The molecule has 3 rings (SSSR count). The highest BCUT2D eigenvalue weighted by atomic mass is 79.9. The number of aromatic nitrogens is 3. The molecule has 4 nitrogen and oxygen atoms in total. The predicted molar refractivity (Wildman–Crippen MR) is 72.4 cm³/mol. The van der Waals surface area contributed by atoms with Crippen molar-refractivity contribution >= 4 is 27.0 Å². The van der Waals surface area contributed by atoms with E-state index in [1.165, 1.54) is 6.33 Å². The molecule has 2 heterocycles. The van der Waals surface area contributed by atoms with E-state index in [4.69, 9.17) is 4.74 Å². The molecule has 0 aliphatic heterocycles. The third kappa shape index (κ3) is 2.09. The van der Waals surface area contributed by atoms with Crippen molar-refractivity contribution < 1.29 is 4.74 Å². The lowest BCUT2D eigenvalue weighted by atomic mass is 10.2. The second-order valence-electron chi connectivity index (χ2n) is 3.81. The van der Waals surface area contributed by atoms with E-state index >= 15 is 0 Å². The molecule has 1 aromatic carbocycles. The maximum atomic E-state index is 5.72. The van der Waals surface area contributed by atoms with E-state index in [-0.39, 0.29) is 0 Å². The Kier molecular flexibility index (Phi) is 2.98. The molecule has 0 spiro atoms. The van der Waals surface area contributed by atoms with Crippen LogP contribution in [0, 0.1) is 0 Å². The maximum Gasteiger partial charge on any atom is 0.241 e. The van der Waals surface area contributed by atoms with Gasteiger partial charge in [-0.2, -0.15) is 4.98 Å². The molecule has 1 N–H and O–H groups in total. The quantitative estimate of drug-likeness (QED) is 0.807. The predicted octanol–water partition coefficient (Wildman–Crippen LogP) is 3.30. The third-order valence-electron chi connectivity index (χ3n) is 2.60. The molecule has 0 fully saturated rings. The molecule has 5 heteroatoms. The zero-order chi connectivity index (χ0) is 12.4. The molecule has 0 saturated heterocycles. The zero-order valence-electron chi connectivity index (χ0n) is 9.43. The molecule has 0 aliphatic carbocycles. The van der Waals surface area contributed by atoms with E-state index in [0.29, 0.717) is 12.5 Å². The summed E-state index contributed by atoms with van der Waals surface area (Å²) in [6.45, 7) is 0.490. The molecular formula is C13H10BrN3O. The molecule has 0 unspecified atom stereocenters. The summed E-state index contributed by atoms with van der Waals surface area (Å²) in [7, 11) is 0. The van der Waals surface area contributed by atoms with Crippen molar-refractivity contribution in [1.82, 2.24) is 15.0 Å². The van der Waals surface area contributed by atoms with Crippen molar-refractivity contribution in [2.24, 2.45) is 0 Å². The number of H-pyrrole nitrogens is 1. The average Bonchev–Trinajstić information content (AvgIpc) is 2.80. The molecule has 0 bridgehead atoms. The van der Waals surface area contributed by atoms with Crippen LogP contribution in [0.15, 0.2) is 47.3 Å². The fraction of sp³-hybridized carbons (Fsp3) is 0.0769. The van der Waals surface area contributed by atoms with Crippen LogP contribution in [-0.4, -0.2) is 15.0 Å². The molecule has 0 amide bonds. The minimum Gasteiger partial charge on any atom is -0.471 e. The molecular weight excluding hydrogens is 294 g/mol. The van der Waals surface area contributed by atoms with Crippen LogP contribution < -0.4 is 4.74 Å². The van der Waals surface area contributed by atoms with E-state index in [0.717, 1.165) is 21.1 Å². The van der Waals surface area contributed by atoms with Gasteiger partial charge in [0.05, 0.1) is 4.47 Å². The van der Waals surface area contributed by atoms with Crippen LogP contribution in [0.4, 0.5) is 0 Å². The van der Waals surface area contributed by atoms with Crippen molar-refractivity contribution in [3.05, 3.63) is 52.9 Å². The van der Waals surface area contributed by atoms with Gasteiger partial charge in [-0.05, 0) is 21.5 Å². The topological polar surface area (TPSA) is 50.8 Å². The van der Waals surface area contributed by atoms with Crippen LogP contribution in [0.1, 0.15) is 5.56 Å². The molecule has 0 aliphatic rings. The molecule has 0 atom stereocenters. The molecule has 18 heavy (non-hydrogen) atoms. The number of benzene rings is 1. The van der Waals surface area contributed by atoms with E-state index in [2.05, 4.69) is 30.9 Å². The van der Waals surface area contributed by atoms with Crippen molar-refractivity contribution in [2.75, 3.05) is 0 Å². The van der Waals surface area contributed by atoms with Gasteiger partial charge in [0.2, 0.25) is 5.88 Å². The summed E-state index contributed by atoms with van der Waals surface area (Å²) in [6.07, 6.45) is 3.33. The summed E-state index contributed by atoms with van der Waals surface area (Å²) in [6, 6.07) is 9.99. The van der Waals surface area contributed by atoms with Gasteiger partial charge in [0, 0.05) is 6.20 Å². The summed E-state index contributed by atoms with van der Waals surface area (Å²) in [5.41, 5.74) is 2.74. The van der Waals surface area contributed by atoms with Crippen LogP contribution >= 0.6 is 15.9 Å². The Labute approximate surface area is 112 Å². The number of aromatic amines is 1. The second kappa shape index (κ2) is 4.78. The number of ether oxygens (including phenoxy) is 1. The van der Waals surface area contributed by atoms with Gasteiger partial charge in [-0.15, -0.1) is 0 Å². The van der Waals surface area contributed by atoms with E-state index < -0.39 is 0 Å². The van der Waals surface area contributed by atoms with Crippen LogP contribution in [0.3, 0.4) is 0 Å². The molecule has 90 valence electrons. The first-order chi connectivity index (χ1) is 8.84. The number of halogens is 1. The van der Waals surface area contributed by atoms with E-state index in [1.807, 2.05) is 36.5 Å². The van der Waals surface area contributed by atoms with Crippen molar-refractivity contribution in [1.29, 1.82) is 0 Å². The Bertz CT molecular complexity index is 666.